The lowest BCUT2D eigenvalue weighted by atomic mass is 9.44. The summed E-state index contributed by atoms with van der Waals surface area (Å²) in [6.07, 6.45) is 12.9. The van der Waals surface area contributed by atoms with Gasteiger partial charge in [0.15, 0.2) is 0 Å². The van der Waals surface area contributed by atoms with Gasteiger partial charge in [0.1, 0.15) is 6.10 Å². The number of aliphatic hydroxyl groups is 1. The second-order valence-corrected chi connectivity index (χ2v) is 12.3. The molecular weight excluding hydrogens is 372 g/mol. The molecule has 30 heavy (non-hydrogen) atoms. The van der Waals surface area contributed by atoms with Crippen molar-refractivity contribution in [3.8, 4) is 0 Å². The van der Waals surface area contributed by atoms with Crippen molar-refractivity contribution < 1.29 is 14.6 Å². The van der Waals surface area contributed by atoms with Crippen LogP contribution in [0.5, 0.6) is 0 Å². The van der Waals surface area contributed by atoms with Gasteiger partial charge in [-0.15, -0.1) is 6.58 Å². The lowest BCUT2D eigenvalue weighted by molar-refractivity contribution is -0.158. The molecule has 0 amide bonds. The molecule has 0 radical (unpaired) electrons. The summed E-state index contributed by atoms with van der Waals surface area (Å²) < 4.78 is 5.91. The molecule has 4 rings (SSSR count). The quantitative estimate of drug-likeness (QED) is 0.450. The fourth-order valence-corrected chi connectivity index (χ4v) is 7.67. The number of fused-ring (bicyclic) bond motifs is 5. The van der Waals surface area contributed by atoms with Crippen molar-refractivity contribution in [1.29, 1.82) is 0 Å². The third kappa shape index (κ3) is 3.40. The molecule has 3 nitrogen and oxygen atoms in total. The van der Waals surface area contributed by atoms with Gasteiger partial charge in [0.2, 0.25) is 0 Å². The van der Waals surface area contributed by atoms with Crippen LogP contribution in [0.2, 0.25) is 0 Å². The van der Waals surface area contributed by atoms with Crippen LogP contribution in [-0.2, 0) is 9.53 Å². The number of allylic oxidation sites excluding steroid dienone is 2. The van der Waals surface area contributed by atoms with Gasteiger partial charge in [-0.3, -0.25) is 4.79 Å². The number of rotatable bonds is 3. The Labute approximate surface area is 183 Å². The number of hydrogen-bond acceptors (Lipinski definition) is 3. The van der Waals surface area contributed by atoms with Crippen molar-refractivity contribution in [3.05, 3.63) is 24.3 Å². The second kappa shape index (κ2) is 7.50. The molecule has 3 heteroatoms. The van der Waals surface area contributed by atoms with Crippen molar-refractivity contribution in [2.75, 3.05) is 0 Å². The highest BCUT2D eigenvalue weighted by Crippen LogP contribution is 2.67. The third-order valence-electron chi connectivity index (χ3n) is 9.54. The van der Waals surface area contributed by atoms with Gasteiger partial charge in [-0.1, -0.05) is 25.5 Å². The summed E-state index contributed by atoms with van der Waals surface area (Å²) in [4.78, 5) is 12.5. The monoisotopic (exact) mass is 414 g/mol. The zero-order valence-electron chi connectivity index (χ0n) is 19.7. The second-order valence-electron chi connectivity index (χ2n) is 12.3. The first-order valence-electron chi connectivity index (χ1n) is 12.2. The first-order valence-corrected chi connectivity index (χ1v) is 12.2. The molecule has 3 fully saturated rings. The van der Waals surface area contributed by atoms with Crippen molar-refractivity contribution in [1.82, 2.24) is 0 Å². The van der Waals surface area contributed by atoms with Crippen molar-refractivity contribution >= 4 is 5.97 Å². The number of carbonyl (C=O) groups is 1. The molecule has 0 aromatic carbocycles. The maximum atomic E-state index is 12.5. The lowest BCUT2D eigenvalue weighted by Gasteiger charge is -2.60. The van der Waals surface area contributed by atoms with E-state index in [0.717, 1.165) is 38.5 Å². The Hall–Kier alpha value is -1.09. The molecule has 0 saturated heterocycles. The van der Waals surface area contributed by atoms with Crippen LogP contribution in [0.15, 0.2) is 24.3 Å². The average Bonchev–Trinajstić information content (AvgIpc) is 2.97. The van der Waals surface area contributed by atoms with E-state index in [2.05, 4.69) is 32.6 Å². The number of ether oxygens (including phenoxy) is 1. The van der Waals surface area contributed by atoms with Crippen LogP contribution < -0.4 is 0 Å². The minimum atomic E-state index is -0.459. The number of carbonyl (C=O) groups excluding carboxylic acids is 1. The number of hydrogen-bond donors (Lipinski definition) is 1. The molecule has 0 spiro atoms. The summed E-state index contributed by atoms with van der Waals surface area (Å²) in [5, 5.41) is 10.8. The summed E-state index contributed by atoms with van der Waals surface area (Å²) in [5.74, 6) is 2.47. The predicted molar refractivity (Wildman–Crippen MR) is 121 cm³/mol. The molecule has 3 saturated carbocycles. The Morgan fingerprint density at radius 1 is 1.20 bits per heavy atom. The predicted octanol–water partition coefficient (Wildman–Crippen LogP) is 6.07. The van der Waals surface area contributed by atoms with Crippen LogP contribution in [-0.4, -0.2) is 23.3 Å². The average molecular weight is 415 g/mol. The van der Waals surface area contributed by atoms with Gasteiger partial charge in [0.25, 0.3) is 0 Å². The standard InChI is InChI=1S/C27H42O3/c1-7-8-17-15-18-16-19(30-24(29)25(2,3)4)11-13-26(18,5)21-12-14-27(6)20(23(17)21)9-10-22(27)28/h7,16-17,19-23,28H,1,8-15H2,2-6H3/t17?,19?,20-,21+,22?,23-,26-,27-/m0/s1. The van der Waals surface area contributed by atoms with Crippen LogP contribution in [0.4, 0.5) is 0 Å². The van der Waals surface area contributed by atoms with Gasteiger partial charge in [-0.05, 0) is 113 Å². The SMILES string of the molecule is C=CCC1CC2=CC(OC(=O)C(C)(C)C)CC[C@]2(C)[C@@H]2CC[C@]3(C)C(O)CC[C@H]3[C@H]12. The Balaban J connectivity index is 1.64. The van der Waals surface area contributed by atoms with E-state index < -0.39 is 5.41 Å². The molecule has 0 aliphatic heterocycles. The first-order chi connectivity index (χ1) is 14.0. The van der Waals surface area contributed by atoms with Crippen LogP contribution in [0.25, 0.3) is 0 Å². The highest BCUT2D eigenvalue weighted by molar-refractivity contribution is 5.75. The Kier molecular flexibility index (Phi) is 5.53. The molecule has 0 bridgehead atoms. The van der Waals surface area contributed by atoms with E-state index in [1.54, 1.807) is 0 Å². The van der Waals surface area contributed by atoms with E-state index in [1.807, 2.05) is 20.8 Å². The van der Waals surface area contributed by atoms with Crippen molar-refractivity contribution in [2.24, 2.45) is 39.9 Å². The van der Waals surface area contributed by atoms with Crippen LogP contribution >= 0.6 is 0 Å². The van der Waals surface area contributed by atoms with E-state index in [9.17, 15) is 9.90 Å². The van der Waals surface area contributed by atoms with Gasteiger partial charge in [-0.25, -0.2) is 0 Å². The molecule has 3 unspecified atom stereocenters. The fraction of sp³-hybridized carbons (Fsp3) is 0.815. The van der Waals surface area contributed by atoms with Crippen LogP contribution in [0.1, 0.15) is 86.0 Å². The Bertz CT molecular complexity index is 731. The molecule has 0 heterocycles. The maximum absolute atomic E-state index is 12.5. The molecular formula is C27H42O3. The molecule has 4 aliphatic carbocycles. The molecule has 0 aromatic heterocycles. The molecule has 4 aliphatic rings. The van der Waals surface area contributed by atoms with Gasteiger partial charge >= 0.3 is 5.97 Å². The van der Waals surface area contributed by atoms with Crippen LogP contribution in [0.3, 0.4) is 0 Å². The smallest absolute Gasteiger partial charge is 0.311 e. The fourth-order valence-electron chi connectivity index (χ4n) is 7.67. The Morgan fingerprint density at radius 3 is 2.60 bits per heavy atom. The topological polar surface area (TPSA) is 46.5 Å². The van der Waals surface area contributed by atoms with E-state index in [1.165, 1.54) is 18.4 Å². The third-order valence-corrected chi connectivity index (χ3v) is 9.54. The Morgan fingerprint density at radius 2 is 1.93 bits per heavy atom. The zero-order chi connectivity index (χ0) is 21.9. The number of esters is 1. The minimum Gasteiger partial charge on any atom is -0.458 e. The first kappa shape index (κ1) is 22.1. The van der Waals surface area contributed by atoms with Gasteiger partial charge in [0.05, 0.1) is 11.5 Å². The van der Waals surface area contributed by atoms with E-state index in [-0.39, 0.29) is 29.0 Å². The summed E-state index contributed by atoms with van der Waals surface area (Å²) in [5.41, 5.74) is 1.37. The zero-order valence-corrected chi connectivity index (χ0v) is 19.7. The van der Waals surface area contributed by atoms with Crippen LogP contribution in [0, 0.1) is 39.9 Å². The molecule has 8 atom stereocenters. The highest BCUT2D eigenvalue weighted by Gasteiger charge is 2.61. The number of aliphatic hydroxyl groups excluding tert-OH is 1. The summed E-state index contributed by atoms with van der Waals surface area (Å²) >= 11 is 0. The highest BCUT2D eigenvalue weighted by atomic mass is 16.5. The maximum Gasteiger partial charge on any atom is 0.311 e. The molecule has 0 aromatic rings. The summed E-state index contributed by atoms with van der Waals surface area (Å²) in [6.45, 7) is 14.7. The van der Waals surface area contributed by atoms with Crippen molar-refractivity contribution in [2.45, 2.75) is 98.2 Å². The molecule has 1 N–H and O–H groups in total. The molecule has 168 valence electrons. The summed E-state index contributed by atoms with van der Waals surface area (Å²) in [7, 11) is 0. The normalized spacial score (nSPS) is 45.6. The van der Waals surface area contributed by atoms with Gasteiger partial charge in [-0.2, -0.15) is 0 Å². The van der Waals surface area contributed by atoms with E-state index >= 15 is 0 Å². The van der Waals surface area contributed by atoms with Gasteiger partial charge < -0.3 is 9.84 Å². The van der Waals surface area contributed by atoms with Crippen molar-refractivity contribution in [3.63, 3.8) is 0 Å². The van der Waals surface area contributed by atoms with E-state index in [0.29, 0.717) is 23.7 Å². The van der Waals surface area contributed by atoms with E-state index in [4.69, 9.17) is 4.74 Å². The minimum absolute atomic E-state index is 0.0807. The van der Waals surface area contributed by atoms with Gasteiger partial charge in [0, 0.05) is 0 Å². The largest absolute Gasteiger partial charge is 0.458 e. The summed E-state index contributed by atoms with van der Waals surface area (Å²) in [6, 6.07) is 0. The lowest BCUT2D eigenvalue weighted by Crippen LogP contribution is -2.54.